The van der Waals surface area contributed by atoms with Crippen LogP contribution in [0.3, 0.4) is 0 Å². The predicted octanol–water partition coefficient (Wildman–Crippen LogP) is 0.648. The number of nitrogens with one attached hydrogen (secondary N) is 4. The van der Waals surface area contributed by atoms with E-state index in [1.165, 1.54) is 0 Å². The number of phenolic OH excluding ortho intramolecular Hbond substituents is 1. The van der Waals surface area contributed by atoms with Gasteiger partial charge in [0.15, 0.2) is 5.82 Å². The molecule has 3 aromatic rings. The maximum absolute atomic E-state index is 12.9. The van der Waals surface area contributed by atoms with Crippen LogP contribution in [-0.4, -0.2) is 45.7 Å². The minimum absolute atomic E-state index is 0.0176. The topological polar surface area (TPSA) is 152 Å². The Morgan fingerprint density at radius 1 is 1.46 bits per heavy atom. The summed E-state index contributed by atoms with van der Waals surface area (Å²) in [6.07, 6.45) is 1.77. The van der Waals surface area contributed by atoms with E-state index in [4.69, 9.17) is 5.73 Å². The third-order valence-corrected chi connectivity index (χ3v) is 4.81. The van der Waals surface area contributed by atoms with E-state index in [0.29, 0.717) is 24.7 Å². The van der Waals surface area contributed by atoms with Crippen molar-refractivity contribution in [1.29, 1.82) is 0 Å². The van der Waals surface area contributed by atoms with Gasteiger partial charge in [0.1, 0.15) is 11.4 Å². The SMILES string of the molecule is CCNC(=O)C(CN1CNc2c1nc(N)[nH]c2=O)c1c[nH]c2ccc(O)cc12. The molecule has 2 aromatic heterocycles. The van der Waals surface area contributed by atoms with E-state index in [9.17, 15) is 14.7 Å². The predicted molar refractivity (Wildman–Crippen MR) is 106 cm³/mol. The summed E-state index contributed by atoms with van der Waals surface area (Å²) in [5.41, 5.74) is 7.24. The second-order valence-corrected chi connectivity index (χ2v) is 6.63. The lowest BCUT2D eigenvalue weighted by Gasteiger charge is -2.23. The van der Waals surface area contributed by atoms with Crippen LogP contribution in [0.25, 0.3) is 10.9 Å². The van der Waals surface area contributed by atoms with Crippen LogP contribution in [0.4, 0.5) is 17.5 Å². The summed E-state index contributed by atoms with van der Waals surface area (Å²) in [5.74, 6) is -0.150. The van der Waals surface area contributed by atoms with Gasteiger partial charge in [-0.25, -0.2) is 0 Å². The molecule has 1 aromatic carbocycles. The highest BCUT2D eigenvalue weighted by Gasteiger charge is 2.31. The number of nitrogens with two attached hydrogens (primary N) is 1. The molecule has 0 spiro atoms. The van der Waals surface area contributed by atoms with Crippen molar-refractivity contribution in [2.45, 2.75) is 12.8 Å². The number of aromatic hydroxyl groups is 1. The van der Waals surface area contributed by atoms with Crippen LogP contribution in [0.15, 0.2) is 29.2 Å². The van der Waals surface area contributed by atoms with Gasteiger partial charge >= 0.3 is 0 Å². The number of hydrogen-bond donors (Lipinski definition) is 6. The van der Waals surface area contributed by atoms with Crippen LogP contribution in [0, 0.1) is 0 Å². The Balaban J connectivity index is 1.74. The Morgan fingerprint density at radius 3 is 3.07 bits per heavy atom. The molecule has 0 saturated carbocycles. The zero-order valence-corrected chi connectivity index (χ0v) is 15.2. The first-order chi connectivity index (χ1) is 13.5. The molecule has 0 fully saturated rings. The van der Waals surface area contributed by atoms with Gasteiger partial charge in [-0.05, 0) is 30.7 Å². The van der Waals surface area contributed by atoms with E-state index in [2.05, 4.69) is 25.6 Å². The van der Waals surface area contributed by atoms with E-state index < -0.39 is 5.92 Å². The molecular formula is C18H21N7O3. The van der Waals surface area contributed by atoms with Gasteiger partial charge in [0.05, 0.1) is 12.6 Å². The van der Waals surface area contributed by atoms with Crippen LogP contribution in [0.5, 0.6) is 5.75 Å². The molecule has 1 aliphatic heterocycles. The minimum atomic E-state index is -0.550. The number of rotatable bonds is 5. The van der Waals surface area contributed by atoms with E-state index in [-0.39, 0.29) is 29.7 Å². The molecule has 10 heteroatoms. The van der Waals surface area contributed by atoms with Crippen LogP contribution in [0.1, 0.15) is 18.4 Å². The zero-order chi connectivity index (χ0) is 19.8. The number of nitrogen functional groups attached to an aromatic ring is 1. The van der Waals surface area contributed by atoms with E-state index >= 15 is 0 Å². The number of aromatic nitrogens is 3. The summed E-state index contributed by atoms with van der Waals surface area (Å²) in [6.45, 7) is 2.95. The number of carbonyl (C=O) groups excluding carboxylic acids is 1. The number of carbonyl (C=O) groups is 1. The van der Waals surface area contributed by atoms with Crippen molar-refractivity contribution in [3.8, 4) is 5.75 Å². The van der Waals surface area contributed by atoms with Crippen molar-refractivity contribution >= 4 is 34.3 Å². The van der Waals surface area contributed by atoms with Crippen LogP contribution < -0.4 is 26.8 Å². The number of hydrogen-bond acceptors (Lipinski definition) is 7. The number of aromatic amines is 2. The smallest absolute Gasteiger partial charge is 0.277 e. The fourth-order valence-electron chi connectivity index (χ4n) is 3.53. The Labute approximate surface area is 159 Å². The van der Waals surface area contributed by atoms with Crippen molar-refractivity contribution in [2.24, 2.45) is 0 Å². The molecule has 0 radical (unpaired) electrons. The number of nitrogens with zero attached hydrogens (tertiary/aromatic N) is 2. The molecular weight excluding hydrogens is 362 g/mol. The van der Waals surface area contributed by atoms with Crippen molar-refractivity contribution in [3.63, 3.8) is 0 Å². The molecule has 1 aliphatic rings. The third-order valence-electron chi connectivity index (χ3n) is 4.81. The van der Waals surface area contributed by atoms with E-state index in [1.807, 2.05) is 11.8 Å². The van der Waals surface area contributed by atoms with E-state index in [0.717, 1.165) is 16.5 Å². The fourth-order valence-corrected chi connectivity index (χ4v) is 3.53. The Hall–Kier alpha value is -3.69. The lowest BCUT2D eigenvalue weighted by molar-refractivity contribution is -0.122. The molecule has 7 N–H and O–H groups in total. The normalized spacial score (nSPS) is 14.0. The molecule has 0 aliphatic carbocycles. The monoisotopic (exact) mass is 383 g/mol. The molecule has 28 heavy (non-hydrogen) atoms. The van der Waals surface area contributed by atoms with Crippen LogP contribution in [-0.2, 0) is 4.79 Å². The van der Waals surface area contributed by atoms with Crippen LogP contribution >= 0.6 is 0 Å². The molecule has 1 amide bonds. The molecule has 3 heterocycles. The van der Waals surface area contributed by atoms with Gasteiger partial charge in [-0.15, -0.1) is 0 Å². The highest BCUT2D eigenvalue weighted by molar-refractivity contribution is 5.93. The second-order valence-electron chi connectivity index (χ2n) is 6.63. The quantitative estimate of drug-likeness (QED) is 0.378. The highest BCUT2D eigenvalue weighted by atomic mass is 16.3. The maximum atomic E-state index is 12.9. The fraction of sp³-hybridized carbons (Fsp3) is 0.278. The third kappa shape index (κ3) is 2.98. The van der Waals surface area contributed by atoms with Gasteiger partial charge in [-0.1, -0.05) is 0 Å². The molecule has 10 nitrogen and oxygen atoms in total. The first-order valence-electron chi connectivity index (χ1n) is 8.94. The molecule has 4 rings (SSSR count). The summed E-state index contributed by atoms with van der Waals surface area (Å²) in [4.78, 5) is 36.5. The average Bonchev–Trinajstić information content (AvgIpc) is 3.24. The summed E-state index contributed by atoms with van der Waals surface area (Å²) in [5, 5.41) is 16.5. The number of anilines is 3. The molecule has 146 valence electrons. The Kier molecular flexibility index (Phi) is 4.30. The lowest BCUT2D eigenvalue weighted by atomic mass is 9.96. The minimum Gasteiger partial charge on any atom is -0.508 e. The van der Waals surface area contributed by atoms with E-state index in [1.54, 1.807) is 24.4 Å². The van der Waals surface area contributed by atoms with Crippen molar-refractivity contribution in [3.05, 3.63) is 40.3 Å². The second kappa shape index (κ2) is 6.80. The van der Waals surface area contributed by atoms with Crippen molar-refractivity contribution in [2.75, 3.05) is 35.7 Å². The Bertz CT molecular complexity index is 1100. The van der Waals surface area contributed by atoms with Crippen molar-refractivity contribution in [1.82, 2.24) is 20.3 Å². The van der Waals surface area contributed by atoms with Gasteiger partial charge in [-0.3, -0.25) is 14.6 Å². The van der Waals surface area contributed by atoms with Gasteiger partial charge in [0.2, 0.25) is 11.9 Å². The Morgan fingerprint density at radius 2 is 2.29 bits per heavy atom. The molecule has 1 unspecified atom stereocenters. The van der Waals surface area contributed by atoms with Gasteiger partial charge < -0.3 is 31.4 Å². The van der Waals surface area contributed by atoms with Crippen LogP contribution in [0.2, 0.25) is 0 Å². The average molecular weight is 383 g/mol. The number of fused-ring (bicyclic) bond motifs is 2. The highest BCUT2D eigenvalue weighted by Crippen LogP contribution is 2.32. The molecule has 0 bridgehead atoms. The number of benzene rings is 1. The standard InChI is InChI=1S/C18H21N7O3/c1-2-20-16(27)12(11-6-21-13-4-3-9(26)5-10(11)13)7-25-8-22-14-15(25)23-18(19)24-17(14)28/h3-6,12,21-22,26H,2,7-8H2,1H3,(H,20,27)(H3,19,23,24,28). The molecule has 1 atom stereocenters. The summed E-state index contributed by atoms with van der Waals surface area (Å²) < 4.78 is 0. The van der Waals surface area contributed by atoms with Gasteiger partial charge in [0, 0.05) is 30.2 Å². The number of amides is 1. The largest absolute Gasteiger partial charge is 0.508 e. The number of phenols is 1. The maximum Gasteiger partial charge on any atom is 0.277 e. The summed E-state index contributed by atoms with van der Waals surface area (Å²) >= 11 is 0. The summed E-state index contributed by atoms with van der Waals surface area (Å²) in [6, 6.07) is 4.98. The first kappa shape index (κ1) is 17.7. The first-order valence-corrected chi connectivity index (χ1v) is 8.94. The summed E-state index contributed by atoms with van der Waals surface area (Å²) in [7, 11) is 0. The van der Waals surface area contributed by atoms with Gasteiger partial charge in [-0.2, -0.15) is 4.98 Å². The van der Waals surface area contributed by atoms with Crippen molar-refractivity contribution < 1.29 is 9.90 Å². The van der Waals surface area contributed by atoms with Gasteiger partial charge in [0.25, 0.3) is 5.56 Å². The molecule has 0 saturated heterocycles. The zero-order valence-electron chi connectivity index (χ0n) is 15.2. The number of H-pyrrole nitrogens is 2. The number of likely N-dealkylation sites (N-methyl/N-ethyl adjacent to an activating group) is 1. The lowest BCUT2D eigenvalue weighted by Crippen LogP contribution is -2.37.